The monoisotopic (exact) mass is 338 g/mol. The average Bonchev–Trinajstić information content (AvgIpc) is 2.50. The van der Waals surface area contributed by atoms with E-state index in [1.165, 1.54) is 31.2 Å². The Bertz CT molecular complexity index is 780. The lowest BCUT2D eigenvalue weighted by Gasteiger charge is -2.17. The Morgan fingerprint density at radius 2 is 1.83 bits per heavy atom. The van der Waals surface area contributed by atoms with Crippen LogP contribution in [-0.4, -0.2) is 17.7 Å². The number of benzene rings is 2. The van der Waals surface area contributed by atoms with Gasteiger partial charge in [-0.15, -0.1) is 0 Å². The molecular formula is C18H17F3O3. The Kier molecular flexibility index (Phi) is 4.87. The number of carboxylic acid groups (broad SMARTS) is 1. The molecule has 0 unspecified atom stereocenters. The molecule has 1 N–H and O–H groups in total. The van der Waals surface area contributed by atoms with E-state index < -0.39 is 24.3 Å². The van der Waals surface area contributed by atoms with Gasteiger partial charge >= 0.3 is 5.97 Å². The van der Waals surface area contributed by atoms with Crippen LogP contribution in [0.25, 0.3) is 11.1 Å². The highest BCUT2D eigenvalue weighted by molar-refractivity contribution is 5.75. The summed E-state index contributed by atoms with van der Waals surface area (Å²) >= 11 is 0. The molecule has 0 atom stereocenters. The van der Waals surface area contributed by atoms with Gasteiger partial charge in [-0.1, -0.05) is 12.1 Å². The highest BCUT2D eigenvalue weighted by Crippen LogP contribution is 2.38. The summed E-state index contributed by atoms with van der Waals surface area (Å²) in [7, 11) is 0. The van der Waals surface area contributed by atoms with Crippen molar-refractivity contribution in [2.45, 2.75) is 26.7 Å². The SMILES string of the molecule is Cc1ccc(-c2cc(C(C)(F)F)ccc2OCC(=O)O)c(C)c1F. The Labute approximate surface area is 137 Å². The first-order chi connectivity index (χ1) is 11.1. The van der Waals surface area contributed by atoms with Crippen LogP contribution in [0.4, 0.5) is 13.2 Å². The van der Waals surface area contributed by atoms with Gasteiger partial charge in [0, 0.05) is 18.1 Å². The Morgan fingerprint density at radius 3 is 2.42 bits per heavy atom. The maximum Gasteiger partial charge on any atom is 0.341 e. The molecule has 0 saturated carbocycles. The van der Waals surface area contributed by atoms with E-state index in [1.807, 2.05) is 0 Å². The van der Waals surface area contributed by atoms with Gasteiger partial charge in [-0.2, -0.15) is 0 Å². The van der Waals surface area contributed by atoms with Crippen molar-refractivity contribution in [1.29, 1.82) is 0 Å². The summed E-state index contributed by atoms with van der Waals surface area (Å²) < 4.78 is 46.6. The molecule has 0 aliphatic carbocycles. The third kappa shape index (κ3) is 3.69. The lowest BCUT2D eigenvalue weighted by Crippen LogP contribution is -2.11. The van der Waals surface area contributed by atoms with Gasteiger partial charge in [-0.3, -0.25) is 0 Å². The van der Waals surface area contributed by atoms with E-state index in [-0.39, 0.29) is 22.4 Å². The fraction of sp³-hybridized carbons (Fsp3) is 0.278. The van der Waals surface area contributed by atoms with Crippen molar-refractivity contribution in [3.8, 4) is 16.9 Å². The first kappa shape index (κ1) is 17.8. The molecule has 2 aromatic rings. The number of aliphatic carboxylic acids is 1. The Balaban J connectivity index is 2.64. The topological polar surface area (TPSA) is 46.5 Å². The van der Waals surface area contributed by atoms with Gasteiger partial charge in [0.2, 0.25) is 0 Å². The van der Waals surface area contributed by atoms with Crippen molar-refractivity contribution >= 4 is 5.97 Å². The quantitative estimate of drug-likeness (QED) is 0.861. The number of alkyl halides is 2. The maximum atomic E-state index is 14.2. The second kappa shape index (κ2) is 6.55. The smallest absolute Gasteiger partial charge is 0.341 e. The third-order valence-corrected chi connectivity index (χ3v) is 3.71. The molecule has 0 aromatic heterocycles. The molecule has 0 amide bonds. The predicted molar refractivity (Wildman–Crippen MR) is 84.0 cm³/mol. The van der Waals surface area contributed by atoms with Crippen LogP contribution in [0, 0.1) is 19.7 Å². The average molecular weight is 338 g/mol. The molecule has 6 heteroatoms. The molecule has 128 valence electrons. The van der Waals surface area contributed by atoms with Gasteiger partial charge in [0.05, 0.1) is 0 Å². The van der Waals surface area contributed by atoms with Gasteiger partial charge in [-0.25, -0.2) is 18.0 Å². The summed E-state index contributed by atoms with van der Waals surface area (Å²) in [5.74, 6) is -4.61. The molecule has 0 spiro atoms. The molecule has 24 heavy (non-hydrogen) atoms. The fourth-order valence-corrected chi connectivity index (χ4v) is 2.39. The lowest BCUT2D eigenvalue weighted by molar-refractivity contribution is -0.139. The zero-order valence-corrected chi connectivity index (χ0v) is 13.5. The van der Waals surface area contributed by atoms with E-state index in [1.54, 1.807) is 13.0 Å². The lowest BCUT2D eigenvalue weighted by atomic mass is 9.94. The van der Waals surface area contributed by atoms with Crippen molar-refractivity contribution < 1.29 is 27.8 Å². The molecule has 0 fully saturated rings. The number of ether oxygens (including phenoxy) is 1. The van der Waals surface area contributed by atoms with E-state index in [0.29, 0.717) is 11.1 Å². The minimum Gasteiger partial charge on any atom is -0.481 e. The van der Waals surface area contributed by atoms with Crippen LogP contribution in [0.1, 0.15) is 23.6 Å². The number of halogens is 3. The van der Waals surface area contributed by atoms with E-state index >= 15 is 0 Å². The molecule has 0 radical (unpaired) electrons. The van der Waals surface area contributed by atoms with Crippen molar-refractivity contribution in [2.24, 2.45) is 0 Å². The largest absolute Gasteiger partial charge is 0.481 e. The number of rotatable bonds is 5. The molecule has 2 rings (SSSR count). The molecule has 0 saturated heterocycles. The maximum absolute atomic E-state index is 14.2. The van der Waals surface area contributed by atoms with Crippen molar-refractivity contribution in [1.82, 2.24) is 0 Å². The van der Waals surface area contributed by atoms with Gasteiger partial charge in [0.15, 0.2) is 6.61 Å². The normalized spacial score (nSPS) is 11.4. The molecule has 2 aromatic carbocycles. The van der Waals surface area contributed by atoms with Gasteiger partial charge in [0.1, 0.15) is 11.6 Å². The summed E-state index contributed by atoms with van der Waals surface area (Å²) in [5.41, 5.74) is 1.06. The van der Waals surface area contributed by atoms with Crippen LogP contribution in [0.2, 0.25) is 0 Å². The highest BCUT2D eigenvalue weighted by Gasteiger charge is 2.26. The summed E-state index contributed by atoms with van der Waals surface area (Å²) in [6.45, 7) is 3.27. The van der Waals surface area contributed by atoms with E-state index in [4.69, 9.17) is 9.84 Å². The Morgan fingerprint density at radius 1 is 1.17 bits per heavy atom. The molecule has 0 heterocycles. The summed E-state index contributed by atoms with van der Waals surface area (Å²) in [5, 5.41) is 8.75. The number of hydrogen-bond donors (Lipinski definition) is 1. The molecule has 0 bridgehead atoms. The molecular weight excluding hydrogens is 321 g/mol. The van der Waals surface area contributed by atoms with E-state index in [9.17, 15) is 18.0 Å². The fourth-order valence-electron chi connectivity index (χ4n) is 2.39. The van der Waals surface area contributed by atoms with Crippen LogP contribution >= 0.6 is 0 Å². The summed E-state index contributed by atoms with van der Waals surface area (Å²) in [4.78, 5) is 10.7. The zero-order chi connectivity index (χ0) is 18.1. The van der Waals surface area contributed by atoms with E-state index in [2.05, 4.69) is 0 Å². The first-order valence-corrected chi connectivity index (χ1v) is 7.24. The molecule has 0 aliphatic heterocycles. The Hall–Kier alpha value is -2.50. The highest BCUT2D eigenvalue weighted by atomic mass is 19.3. The second-order valence-corrected chi connectivity index (χ2v) is 5.65. The van der Waals surface area contributed by atoms with Crippen molar-refractivity contribution in [3.63, 3.8) is 0 Å². The van der Waals surface area contributed by atoms with Crippen LogP contribution < -0.4 is 4.74 Å². The van der Waals surface area contributed by atoms with E-state index in [0.717, 1.165) is 6.92 Å². The van der Waals surface area contributed by atoms with Crippen molar-refractivity contribution in [3.05, 3.63) is 52.8 Å². The predicted octanol–water partition coefficient (Wildman–Crippen LogP) is 4.68. The minimum atomic E-state index is -3.09. The van der Waals surface area contributed by atoms with Crippen LogP contribution in [0.15, 0.2) is 30.3 Å². The van der Waals surface area contributed by atoms with Gasteiger partial charge < -0.3 is 9.84 Å². The summed E-state index contributed by atoms with van der Waals surface area (Å²) in [6.07, 6.45) is 0. The second-order valence-electron chi connectivity index (χ2n) is 5.65. The molecule has 3 nitrogen and oxygen atoms in total. The summed E-state index contributed by atoms with van der Waals surface area (Å²) in [6, 6.07) is 6.79. The van der Waals surface area contributed by atoms with Gasteiger partial charge in [-0.05, 0) is 48.7 Å². The molecule has 0 aliphatic rings. The number of hydrogen-bond acceptors (Lipinski definition) is 2. The minimum absolute atomic E-state index is 0.108. The zero-order valence-electron chi connectivity index (χ0n) is 13.5. The van der Waals surface area contributed by atoms with Crippen LogP contribution in [-0.2, 0) is 10.7 Å². The van der Waals surface area contributed by atoms with Crippen LogP contribution in [0.3, 0.4) is 0 Å². The number of aryl methyl sites for hydroxylation is 1. The first-order valence-electron chi connectivity index (χ1n) is 7.24. The van der Waals surface area contributed by atoms with Gasteiger partial charge in [0.25, 0.3) is 5.92 Å². The number of carbonyl (C=O) groups is 1. The van der Waals surface area contributed by atoms with Crippen LogP contribution in [0.5, 0.6) is 5.75 Å². The standard InChI is InChI=1S/C18H17F3O3/c1-10-4-6-13(11(2)17(10)19)14-8-12(18(3,20)21)5-7-15(14)24-9-16(22)23/h4-8H,9H2,1-3H3,(H,22,23). The third-order valence-electron chi connectivity index (χ3n) is 3.71. The number of carboxylic acids is 1. The van der Waals surface area contributed by atoms with Crippen molar-refractivity contribution in [2.75, 3.05) is 6.61 Å².